The van der Waals surface area contributed by atoms with E-state index in [2.05, 4.69) is 30.7 Å². The minimum atomic E-state index is -0.208. The highest BCUT2D eigenvalue weighted by Gasteiger charge is 2.12. The molecule has 3 heterocycles. The molecule has 0 aliphatic heterocycles. The van der Waals surface area contributed by atoms with Crippen LogP contribution in [0.5, 0.6) is 6.01 Å². The molecule has 0 saturated carbocycles. The minimum Gasteiger partial charge on any atom is -0.461 e. The van der Waals surface area contributed by atoms with Crippen molar-refractivity contribution in [2.75, 3.05) is 31.0 Å². The number of carbonyl (C=O) groups excluding carboxylic acids is 1. The van der Waals surface area contributed by atoms with Gasteiger partial charge in [0.25, 0.3) is 0 Å². The van der Waals surface area contributed by atoms with Crippen LogP contribution in [0.1, 0.15) is 6.92 Å². The molecule has 0 fully saturated rings. The topological polar surface area (TPSA) is 116 Å². The standard InChI is InChI=1S/C18H21N7O3/c1-12(26)21-17-10-15(13(11-20-17)14-5-7-25(2)24-14)22-16-4-6-19-18(23-16)28-9-8-27-3/h4-7,10-11H,8-9H2,1-3H3,(H2,19,20,21,22,23,26). The van der Waals surface area contributed by atoms with Gasteiger partial charge in [-0.25, -0.2) is 9.97 Å². The van der Waals surface area contributed by atoms with E-state index < -0.39 is 0 Å². The molecule has 0 saturated heterocycles. The highest BCUT2D eigenvalue weighted by Crippen LogP contribution is 2.30. The number of hydrogen-bond acceptors (Lipinski definition) is 8. The van der Waals surface area contributed by atoms with Crippen molar-refractivity contribution in [2.45, 2.75) is 6.92 Å². The maximum Gasteiger partial charge on any atom is 0.318 e. The first-order valence-corrected chi connectivity index (χ1v) is 8.54. The summed E-state index contributed by atoms with van der Waals surface area (Å²) in [6, 6.07) is 5.54. The predicted molar refractivity (Wildman–Crippen MR) is 103 cm³/mol. The Kier molecular flexibility index (Phi) is 6.12. The maximum absolute atomic E-state index is 11.4. The Bertz CT molecular complexity index is 958. The van der Waals surface area contributed by atoms with Crippen LogP contribution in [0.2, 0.25) is 0 Å². The number of aromatic nitrogens is 5. The first-order valence-electron chi connectivity index (χ1n) is 8.54. The smallest absolute Gasteiger partial charge is 0.318 e. The summed E-state index contributed by atoms with van der Waals surface area (Å²) in [4.78, 5) is 24.1. The van der Waals surface area contributed by atoms with Crippen LogP contribution in [-0.2, 0) is 16.6 Å². The van der Waals surface area contributed by atoms with Gasteiger partial charge in [0.15, 0.2) is 0 Å². The number of rotatable bonds is 8. The molecule has 146 valence electrons. The fourth-order valence-electron chi connectivity index (χ4n) is 2.40. The highest BCUT2D eigenvalue weighted by atomic mass is 16.5. The molecule has 0 bridgehead atoms. The van der Waals surface area contributed by atoms with Crippen LogP contribution < -0.4 is 15.4 Å². The molecular formula is C18H21N7O3. The fraction of sp³-hybridized carbons (Fsp3) is 0.278. The number of methoxy groups -OCH3 is 1. The molecule has 0 aromatic carbocycles. The Labute approximate surface area is 161 Å². The van der Waals surface area contributed by atoms with E-state index in [1.54, 1.807) is 36.3 Å². The van der Waals surface area contributed by atoms with E-state index in [1.807, 2.05) is 19.3 Å². The first kappa shape index (κ1) is 19.2. The Morgan fingerprint density at radius 2 is 2.07 bits per heavy atom. The normalized spacial score (nSPS) is 10.5. The van der Waals surface area contributed by atoms with Crippen molar-refractivity contribution >= 4 is 23.2 Å². The molecule has 2 N–H and O–H groups in total. The van der Waals surface area contributed by atoms with E-state index >= 15 is 0 Å². The van der Waals surface area contributed by atoms with Gasteiger partial charge < -0.3 is 20.1 Å². The van der Waals surface area contributed by atoms with Gasteiger partial charge in [-0.3, -0.25) is 9.48 Å². The van der Waals surface area contributed by atoms with Crippen LogP contribution in [0.4, 0.5) is 17.3 Å². The lowest BCUT2D eigenvalue weighted by Gasteiger charge is -2.12. The number of ether oxygens (including phenoxy) is 2. The molecule has 10 heteroatoms. The van der Waals surface area contributed by atoms with Crippen LogP contribution in [0.3, 0.4) is 0 Å². The Morgan fingerprint density at radius 1 is 1.21 bits per heavy atom. The number of carbonyl (C=O) groups is 1. The average Bonchev–Trinajstić information content (AvgIpc) is 3.08. The van der Waals surface area contributed by atoms with Crippen molar-refractivity contribution in [1.82, 2.24) is 24.7 Å². The molecule has 28 heavy (non-hydrogen) atoms. The number of aryl methyl sites for hydroxylation is 1. The number of anilines is 3. The van der Waals surface area contributed by atoms with E-state index in [0.29, 0.717) is 30.5 Å². The SMILES string of the molecule is COCCOc1nccc(Nc2cc(NC(C)=O)ncc2-c2ccn(C)n2)n1. The maximum atomic E-state index is 11.4. The van der Waals surface area contributed by atoms with Gasteiger partial charge in [0, 0.05) is 51.3 Å². The molecular weight excluding hydrogens is 362 g/mol. The number of nitrogens with one attached hydrogen (secondary N) is 2. The highest BCUT2D eigenvalue weighted by molar-refractivity contribution is 5.89. The second-order valence-corrected chi connectivity index (χ2v) is 5.86. The van der Waals surface area contributed by atoms with Crippen molar-refractivity contribution < 1.29 is 14.3 Å². The molecule has 0 spiro atoms. The lowest BCUT2D eigenvalue weighted by molar-refractivity contribution is -0.114. The molecule has 0 aliphatic rings. The predicted octanol–water partition coefficient (Wildman–Crippen LogP) is 2.00. The lowest BCUT2D eigenvalue weighted by atomic mass is 10.1. The Morgan fingerprint density at radius 3 is 2.79 bits per heavy atom. The van der Waals surface area contributed by atoms with Gasteiger partial charge in [0.2, 0.25) is 5.91 Å². The fourth-order valence-corrected chi connectivity index (χ4v) is 2.40. The monoisotopic (exact) mass is 383 g/mol. The van der Waals surface area contributed by atoms with Crippen LogP contribution in [0, 0.1) is 0 Å². The largest absolute Gasteiger partial charge is 0.461 e. The van der Waals surface area contributed by atoms with Gasteiger partial charge in [-0.05, 0) is 12.1 Å². The zero-order valence-corrected chi connectivity index (χ0v) is 15.8. The second kappa shape index (κ2) is 8.91. The molecule has 0 atom stereocenters. The lowest BCUT2D eigenvalue weighted by Crippen LogP contribution is -2.09. The molecule has 10 nitrogen and oxygen atoms in total. The summed E-state index contributed by atoms with van der Waals surface area (Å²) in [5.74, 6) is 0.736. The molecule has 3 rings (SSSR count). The summed E-state index contributed by atoms with van der Waals surface area (Å²) in [5, 5.41) is 10.3. The van der Waals surface area contributed by atoms with E-state index in [4.69, 9.17) is 9.47 Å². The van der Waals surface area contributed by atoms with Gasteiger partial charge in [-0.1, -0.05) is 0 Å². The van der Waals surface area contributed by atoms with E-state index in [9.17, 15) is 4.79 Å². The first-order chi connectivity index (χ1) is 13.5. The van der Waals surface area contributed by atoms with Crippen LogP contribution in [0.15, 0.2) is 36.8 Å². The zero-order chi connectivity index (χ0) is 19.9. The van der Waals surface area contributed by atoms with Crippen molar-refractivity contribution in [3.8, 4) is 17.3 Å². The summed E-state index contributed by atoms with van der Waals surface area (Å²) in [5.41, 5.74) is 2.17. The van der Waals surface area contributed by atoms with Crippen molar-refractivity contribution in [2.24, 2.45) is 7.05 Å². The van der Waals surface area contributed by atoms with Gasteiger partial charge in [-0.15, -0.1) is 0 Å². The summed E-state index contributed by atoms with van der Waals surface area (Å²) >= 11 is 0. The Hall–Kier alpha value is -3.53. The second-order valence-electron chi connectivity index (χ2n) is 5.86. The molecule has 0 radical (unpaired) electrons. The molecule has 0 aliphatic carbocycles. The van der Waals surface area contributed by atoms with Crippen molar-refractivity contribution in [3.63, 3.8) is 0 Å². The number of amides is 1. The van der Waals surface area contributed by atoms with Gasteiger partial charge in [0.05, 0.1) is 18.0 Å². The van der Waals surface area contributed by atoms with Gasteiger partial charge >= 0.3 is 6.01 Å². The summed E-state index contributed by atoms with van der Waals surface area (Å²) in [6.45, 7) is 2.21. The zero-order valence-electron chi connectivity index (χ0n) is 15.8. The van der Waals surface area contributed by atoms with Crippen LogP contribution >= 0.6 is 0 Å². The number of pyridine rings is 1. The molecule has 3 aromatic heterocycles. The van der Waals surface area contributed by atoms with Crippen LogP contribution in [0.25, 0.3) is 11.3 Å². The van der Waals surface area contributed by atoms with Gasteiger partial charge in [-0.2, -0.15) is 10.1 Å². The molecule has 3 aromatic rings. The summed E-state index contributed by atoms with van der Waals surface area (Å²) in [6.07, 6.45) is 5.08. The average molecular weight is 383 g/mol. The minimum absolute atomic E-state index is 0.208. The summed E-state index contributed by atoms with van der Waals surface area (Å²) < 4.78 is 12.1. The van der Waals surface area contributed by atoms with E-state index in [-0.39, 0.29) is 11.9 Å². The quantitative estimate of drug-likeness (QED) is 0.568. The van der Waals surface area contributed by atoms with E-state index in [0.717, 1.165) is 11.3 Å². The third-order valence-corrected chi connectivity index (χ3v) is 3.61. The summed E-state index contributed by atoms with van der Waals surface area (Å²) in [7, 11) is 3.43. The molecule has 1 amide bonds. The third-order valence-electron chi connectivity index (χ3n) is 3.61. The van der Waals surface area contributed by atoms with Gasteiger partial charge in [0.1, 0.15) is 18.2 Å². The van der Waals surface area contributed by atoms with E-state index in [1.165, 1.54) is 6.92 Å². The third kappa shape index (κ3) is 5.01. The molecule has 0 unspecified atom stereocenters. The van der Waals surface area contributed by atoms with Crippen molar-refractivity contribution in [1.29, 1.82) is 0 Å². The number of hydrogen-bond donors (Lipinski definition) is 2. The Balaban J connectivity index is 1.90. The van der Waals surface area contributed by atoms with Crippen molar-refractivity contribution in [3.05, 3.63) is 36.8 Å². The number of nitrogens with zero attached hydrogens (tertiary/aromatic N) is 5. The van der Waals surface area contributed by atoms with Crippen LogP contribution in [-0.4, -0.2) is 51.0 Å².